The number of hydrogen-bond donors (Lipinski definition) is 2. The highest BCUT2D eigenvalue weighted by Gasteiger charge is 2.25. The van der Waals surface area contributed by atoms with E-state index in [9.17, 15) is 17.6 Å². The quantitative estimate of drug-likeness (QED) is 0.649. The maximum Gasteiger partial charge on any atom is 0.241 e. The summed E-state index contributed by atoms with van der Waals surface area (Å²) >= 11 is 0. The fourth-order valence-electron chi connectivity index (χ4n) is 3.55. The average molecular weight is 449 g/mol. The van der Waals surface area contributed by atoms with Crippen LogP contribution in [0.3, 0.4) is 0 Å². The lowest BCUT2D eigenvalue weighted by Crippen LogP contribution is -2.52. The van der Waals surface area contributed by atoms with E-state index in [1.165, 1.54) is 12.1 Å². The van der Waals surface area contributed by atoms with Crippen LogP contribution < -0.4 is 14.9 Å². The van der Waals surface area contributed by atoms with Gasteiger partial charge in [0.05, 0.1) is 11.8 Å². The van der Waals surface area contributed by atoms with Gasteiger partial charge in [-0.15, -0.1) is 0 Å². The second kappa shape index (κ2) is 10.1. The summed E-state index contributed by atoms with van der Waals surface area (Å²) < 4.78 is 39.3. The summed E-state index contributed by atoms with van der Waals surface area (Å²) in [6.45, 7) is 6.65. The van der Waals surface area contributed by atoms with Gasteiger partial charge in [0.1, 0.15) is 5.82 Å². The van der Waals surface area contributed by atoms with Crippen LogP contribution in [-0.2, 0) is 14.8 Å². The number of benzene rings is 2. The Kier molecular flexibility index (Phi) is 7.50. The SMILES string of the molecule is CCCS(=O)(=O)Nc1ccc(NC(=O)C(C)N2CCN(c3ccc(F)cc3)CC2)cc1. The highest BCUT2D eigenvalue weighted by molar-refractivity contribution is 7.92. The van der Waals surface area contributed by atoms with Gasteiger partial charge in [-0.25, -0.2) is 12.8 Å². The number of hydrogen-bond acceptors (Lipinski definition) is 5. The van der Waals surface area contributed by atoms with E-state index < -0.39 is 10.0 Å². The molecule has 9 heteroatoms. The van der Waals surface area contributed by atoms with Gasteiger partial charge >= 0.3 is 0 Å². The molecule has 1 atom stereocenters. The van der Waals surface area contributed by atoms with Gasteiger partial charge in [-0.1, -0.05) is 6.92 Å². The topological polar surface area (TPSA) is 81.8 Å². The third kappa shape index (κ3) is 6.41. The monoisotopic (exact) mass is 448 g/mol. The molecule has 1 aliphatic heterocycles. The van der Waals surface area contributed by atoms with E-state index in [0.717, 1.165) is 31.9 Å². The molecule has 1 unspecified atom stereocenters. The Morgan fingerprint density at radius 1 is 1.00 bits per heavy atom. The van der Waals surface area contributed by atoms with Crippen molar-refractivity contribution in [1.29, 1.82) is 0 Å². The number of rotatable bonds is 8. The summed E-state index contributed by atoms with van der Waals surface area (Å²) in [5.41, 5.74) is 2.06. The van der Waals surface area contributed by atoms with E-state index in [2.05, 4.69) is 19.8 Å². The molecule has 3 rings (SSSR count). The predicted octanol–water partition coefficient (Wildman–Crippen LogP) is 3.13. The fraction of sp³-hybridized carbons (Fsp3) is 0.409. The lowest BCUT2D eigenvalue weighted by Gasteiger charge is -2.38. The fourth-order valence-corrected chi connectivity index (χ4v) is 4.69. The van der Waals surface area contributed by atoms with Crippen LogP contribution in [0.15, 0.2) is 48.5 Å². The third-order valence-corrected chi connectivity index (χ3v) is 6.82. The van der Waals surface area contributed by atoms with Crippen LogP contribution in [0, 0.1) is 5.82 Å². The molecule has 31 heavy (non-hydrogen) atoms. The van der Waals surface area contributed by atoms with Crippen LogP contribution in [0.4, 0.5) is 21.5 Å². The zero-order valence-corrected chi connectivity index (χ0v) is 18.7. The molecule has 1 amide bonds. The molecule has 0 radical (unpaired) electrons. The highest BCUT2D eigenvalue weighted by Crippen LogP contribution is 2.19. The van der Waals surface area contributed by atoms with Gasteiger partial charge < -0.3 is 10.2 Å². The first kappa shape index (κ1) is 23.0. The minimum Gasteiger partial charge on any atom is -0.369 e. The molecule has 1 heterocycles. The van der Waals surface area contributed by atoms with Crippen molar-refractivity contribution in [3.05, 3.63) is 54.3 Å². The number of anilines is 3. The van der Waals surface area contributed by atoms with Crippen molar-refractivity contribution in [3.8, 4) is 0 Å². The van der Waals surface area contributed by atoms with Crippen LogP contribution in [0.1, 0.15) is 20.3 Å². The van der Waals surface area contributed by atoms with Crippen LogP contribution in [0.25, 0.3) is 0 Å². The molecular formula is C22H29FN4O3S. The molecule has 2 aromatic rings. The van der Waals surface area contributed by atoms with E-state index in [0.29, 0.717) is 17.8 Å². The summed E-state index contributed by atoms with van der Waals surface area (Å²) in [4.78, 5) is 17.0. The molecule has 7 nitrogen and oxygen atoms in total. The molecule has 1 saturated heterocycles. The van der Waals surface area contributed by atoms with Gasteiger partial charge in [0.2, 0.25) is 15.9 Å². The van der Waals surface area contributed by atoms with Crippen LogP contribution in [0.2, 0.25) is 0 Å². The van der Waals surface area contributed by atoms with E-state index in [4.69, 9.17) is 0 Å². The van der Waals surface area contributed by atoms with Crippen molar-refractivity contribution in [2.75, 3.05) is 46.9 Å². The van der Waals surface area contributed by atoms with E-state index >= 15 is 0 Å². The number of piperazine rings is 1. The van der Waals surface area contributed by atoms with Crippen LogP contribution in [0.5, 0.6) is 0 Å². The van der Waals surface area contributed by atoms with Crippen molar-refractivity contribution < 1.29 is 17.6 Å². The largest absolute Gasteiger partial charge is 0.369 e. The number of carbonyl (C=O) groups is 1. The summed E-state index contributed by atoms with van der Waals surface area (Å²) in [5.74, 6) is -0.300. The molecule has 1 aliphatic rings. The zero-order chi connectivity index (χ0) is 22.4. The van der Waals surface area contributed by atoms with Gasteiger partial charge in [-0.3, -0.25) is 14.4 Å². The van der Waals surface area contributed by atoms with Crippen molar-refractivity contribution in [2.24, 2.45) is 0 Å². The number of halogens is 1. The maximum atomic E-state index is 13.1. The zero-order valence-electron chi connectivity index (χ0n) is 17.8. The molecule has 1 fully saturated rings. The van der Waals surface area contributed by atoms with Gasteiger partial charge in [0.25, 0.3) is 0 Å². The molecule has 0 spiro atoms. The molecule has 2 aromatic carbocycles. The molecule has 2 N–H and O–H groups in total. The molecule has 0 aromatic heterocycles. The smallest absolute Gasteiger partial charge is 0.241 e. The molecule has 0 saturated carbocycles. The van der Waals surface area contributed by atoms with E-state index in [1.54, 1.807) is 36.4 Å². The first-order valence-corrected chi connectivity index (χ1v) is 12.1. The van der Waals surface area contributed by atoms with Gasteiger partial charge in [0.15, 0.2) is 0 Å². The first-order valence-electron chi connectivity index (χ1n) is 10.4. The minimum atomic E-state index is -3.34. The number of amides is 1. The van der Waals surface area contributed by atoms with Crippen LogP contribution >= 0.6 is 0 Å². The molecule has 0 bridgehead atoms. The number of nitrogens with zero attached hydrogens (tertiary/aromatic N) is 2. The average Bonchev–Trinajstić information content (AvgIpc) is 2.75. The van der Waals surface area contributed by atoms with Crippen molar-refractivity contribution in [3.63, 3.8) is 0 Å². The summed E-state index contributed by atoms with van der Waals surface area (Å²) in [6.07, 6.45) is 0.541. The summed E-state index contributed by atoms with van der Waals surface area (Å²) in [7, 11) is -3.34. The van der Waals surface area contributed by atoms with E-state index in [1.807, 2.05) is 13.8 Å². The lowest BCUT2D eigenvalue weighted by molar-refractivity contribution is -0.120. The Morgan fingerprint density at radius 3 is 2.16 bits per heavy atom. The Hall–Kier alpha value is -2.65. The Bertz CT molecular complexity index is 973. The molecule has 168 valence electrons. The molecular weight excluding hydrogens is 419 g/mol. The normalized spacial score (nSPS) is 16.0. The van der Waals surface area contributed by atoms with E-state index in [-0.39, 0.29) is 23.5 Å². The van der Waals surface area contributed by atoms with Crippen molar-refractivity contribution in [1.82, 2.24) is 4.90 Å². The summed E-state index contributed by atoms with van der Waals surface area (Å²) in [5, 5.41) is 2.89. The standard InChI is InChI=1S/C22H29FN4O3S/c1-3-16-31(29,30)25-20-8-6-19(7-9-20)24-22(28)17(2)26-12-14-27(15-13-26)21-10-4-18(23)5-11-21/h4-11,17,25H,3,12-16H2,1-2H3,(H,24,28). The highest BCUT2D eigenvalue weighted by atomic mass is 32.2. The lowest BCUT2D eigenvalue weighted by atomic mass is 10.2. The number of nitrogens with one attached hydrogen (secondary N) is 2. The Morgan fingerprint density at radius 2 is 1.58 bits per heavy atom. The van der Waals surface area contributed by atoms with Gasteiger partial charge in [-0.2, -0.15) is 0 Å². The first-order chi connectivity index (χ1) is 14.8. The number of carbonyl (C=O) groups excluding carboxylic acids is 1. The van der Waals surface area contributed by atoms with Crippen LogP contribution in [-0.4, -0.2) is 57.2 Å². The maximum absolute atomic E-state index is 13.1. The van der Waals surface area contributed by atoms with Gasteiger partial charge in [-0.05, 0) is 61.9 Å². The minimum absolute atomic E-state index is 0.0669. The Balaban J connectivity index is 1.51. The third-order valence-electron chi connectivity index (χ3n) is 5.33. The van der Waals surface area contributed by atoms with Crippen molar-refractivity contribution in [2.45, 2.75) is 26.3 Å². The predicted molar refractivity (Wildman–Crippen MR) is 122 cm³/mol. The summed E-state index contributed by atoms with van der Waals surface area (Å²) in [6, 6.07) is 12.8. The Labute approximate surface area is 183 Å². The number of sulfonamides is 1. The molecule has 0 aliphatic carbocycles. The second-order valence-electron chi connectivity index (χ2n) is 7.66. The second-order valence-corrected chi connectivity index (χ2v) is 9.50. The van der Waals surface area contributed by atoms with Gasteiger partial charge in [0, 0.05) is 43.2 Å². The van der Waals surface area contributed by atoms with Crippen molar-refractivity contribution >= 4 is 33.0 Å².